The van der Waals surface area contributed by atoms with E-state index in [0.29, 0.717) is 16.8 Å². The number of hydrogen-bond donors (Lipinski definition) is 1. The van der Waals surface area contributed by atoms with E-state index in [2.05, 4.69) is 15.9 Å². The second-order valence-corrected chi connectivity index (χ2v) is 7.87. The van der Waals surface area contributed by atoms with Gasteiger partial charge in [0.2, 0.25) is 0 Å². The molecule has 2 unspecified atom stereocenters. The Labute approximate surface area is 176 Å². The molecule has 4 nitrogen and oxygen atoms in total. The second kappa shape index (κ2) is 7.71. The van der Waals surface area contributed by atoms with Crippen molar-refractivity contribution in [3.63, 3.8) is 0 Å². The van der Waals surface area contributed by atoms with Gasteiger partial charge in [-0.1, -0.05) is 58.4 Å². The Bertz CT molecular complexity index is 1040. The SMILES string of the molecule is COC1C(=O)N(Cc2ccc(F)cc2)c2ccccc2C1(O)c1ccc(Br)cc1. The van der Waals surface area contributed by atoms with Gasteiger partial charge in [0.25, 0.3) is 5.91 Å². The van der Waals surface area contributed by atoms with Gasteiger partial charge in [0.15, 0.2) is 11.7 Å². The van der Waals surface area contributed by atoms with E-state index in [0.717, 1.165) is 10.0 Å². The average molecular weight is 456 g/mol. The van der Waals surface area contributed by atoms with Gasteiger partial charge in [0.05, 0.1) is 12.2 Å². The van der Waals surface area contributed by atoms with Crippen LogP contribution in [-0.4, -0.2) is 24.2 Å². The van der Waals surface area contributed by atoms with Crippen molar-refractivity contribution in [2.24, 2.45) is 0 Å². The van der Waals surface area contributed by atoms with Gasteiger partial charge in [-0.2, -0.15) is 0 Å². The van der Waals surface area contributed by atoms with Gasteiger partial charge in [0.1, 0.15) is 5.82 Å². The number of anilines is 1. The highest BCUT2D eigenvalue weighted by Crippen LogP contribution is 2.45. The molecule has 4 rings (SSSR count). The molecule has 29 heavy (non-hydrogen) atoms. The van der Waals surface area contributed by atoms with Crippen LogP contribution in [0.15, 0.2) is 77.3 Å². The van der Waals surface area contributed by atoms with E-state index < -0.39 is 11.7 Å². The van der Waals surface area contributed by atoms with Crippen molar-refractivity contribution in [1.29, 1.82) is 0 Å². The van der Waals surface area contributed by atoms with Crippen molar-refractivity contribution < 1.29 is 19.0 Å². The quantitative estimate of drug-likeness (QED) is 0.634. The van der Waals surface area contributed by atoms with Crippen molar-refractivity contribution in [1.82, 2.24) is 0 Å². The Kier molecular flexibility index (Phi) is 5.25. The van der Waals surface area contributed by atoms with Crippen LogP contribution in [0.3, 0.4) is 0 Å². The van der Waals surface area contributed by atoms with E-state index in [-0.39, 0.29) is 18.3 Å². The second-order valence-electron chi connectivity index (χ2n) is 6.96. The Morgan fingerprint density at radius 3 is 2.38 bits per heavy atom. The molecule has 148 valence electrons. The van der Waals surface area contributed by atoms with E-state index in [1.807, 2.05) is 24.3 Å². The number of methoxy groups -OCH3 is 1. The summed E-state index contributed by atoms with van der Waals surface area (Å²) in [5.74, 6) is -0.695. The van der Waals surface area contributed by atoms with Crippen LogP contribution in [0.1, 0.15) is 16.7 Å². The Balaban J connectivity index is 1.85. The van der Waals surface area contributed by atoms with Gasteiger partial charge < -0.3 is 14.7 Å². The molecule has 3 aromatic carbocycles. The zero-order chi connectivity index (χ0) is 20.6. The van der Waals surface area contributed by atoms with E-state index >= 15 is 0 Å². The van der Waals surface area contributed by atoms with Crippen LogP contribution in [0.4, 0.5) is 10.1 Å². The normalized spacial score (nSPS) is 21.2. The van der Waals surface area contributed by atoms with Crippen molar-refractivity contribution >= 4 is 27.5 Å². The highest BCUT2D eigenvalue weighted by molar-refractivity contribution is 9.10. The molecular weight excluding hydrogens is 437 g/mol. The number of para-hydroxylation sites is 1. The largest absolute Gasteiger partial charge is 0.377 e. The summed E-state index contributed by atoms with van der Waals surface area (Å²) in [6.07, 6.45) is -1.13. The summed E-state index contributed by atoms with van der Waals surface area (Å²) in [4.78, 5) is 15.0. The van der Waals surface area contributed by atoms with Gasteiger partial charge >= 0.3 is 0 Å². The predicted molar refractivity (Wildman–Crippen MR) is 112 cm³/mol. The number of amides is 1. The lowest BCUT2D eigenvalue weighted by Crippen LogP contribution is -2.57. The van der Waals surface area contributed by atoms with E-state index in [9.17, 15) is 14.3 Å². The number of halogens is 2. The Hall–Kier alpha value is -2.54. The van der Waals surface area contributed by atoms with E-state index in [1.54, 1.807) is 41.3 Å². The van der Waals surface area contributed by atoms with Gasteiger partial charge in [-0.25, -0.2) is 4.39 Å². The molecule has 0 aromatic heterocycles. The fourth-order valence-corrected chi connectivity index (χ4v) is 4.09. The van der Waals surface area contributed by atoms with Crippen molar-refractivity contribution in [3.05, 3.63) is 99.8 Å². The number of carbonyl (C=O) groups is 1. The van der Waals surface area contributed by atoms with Gasteiger partial charge in [-0.15, -0.1) is 0 Å². The maximum absolute atomic E-state index is 13.4. The molecule has 6 heteroatoms. The Morgan fingerprint density at radius 2 is 1.72 bits per heavy atom. The number of fused-ring (bicyclic) bond motifs is 1. The van der Waals surface area contributed by atoms with Gasteiger partial charge in [-0.05, 0) is 41.5 Å². The molecule has 3 aromatic rings. The maximum Gasteiger partial charge on any atom is 0.260 e. The molecule has 0 fully saturated rings. The van der Waals surface area contributed by atoms with Gasteiger partial charge in [0, 0.05) is 17.1 Å². The number of benzene rings is 3. The average Bonchev–Trinajstić information content (AvgIpc) is 2.73. The predicted octanol–water partition coefficient (Wildman–Crippen LogP) is 4.39. The first-order valence-electron chi connectivity index (χ1n) is 9.11. The van der Waals surface area contributed by atoms with Crippen molar-refractivity contribution in [3.8, 4) is 0 Å². The zero-order valence-corrected chi connectivity index (χ0v) is 17.3. The molecule has 0 aliphatic carbocycles. The summed E-state index contributed by atoms with van der Waals surface area (Å²) >= 11 is 3.40. The first-order chi connectivity index (χ1) is 13.9. The van der Waals surface area contributed by atoms with Crippen LogP contribution in [-0.2, 0) is 21.7 Å². The summed E-state index contributed by atoms with van der Waals surface area (Å²) in [6.45, 7) is 0.242. The fraction of sp³-hybridized carbons (Fsp3) is 0.174. The number of hydrogen-bond acceptors (Lipinski definition) is 3. The lowest BCUT2D eigenvalue weighted by atomic mass is 9.77. The number of ether oxygens (including phenoxy) is 1. The van der Waals surface area contributed by atoms with E-state index in [4.69, 9.17) is 4.74 Å². The molecule has 0 saturated carbocycles. The van der Waals surface area contributed by atoms with Crippen LogP contribution >= 0.6 is 15.9 Å². The van der Waals surface area contributed by atoms with E-state index in [1.165, 1.54) is 19.2 Å². The zero-order valence-electron chi connectivity index (χ0n) is 15.7. The molecule has 0 bridgehead atoms. The first-order valence-corrected chi connectivity index (χ1v) is 9.91. The van der Waals surface area contributed by atoms with Crippen LogP contribution in [0.5, 0.6) is 0 Å². The molecule has 1 heterocycles. The van der Waals surface area contributed by atoms with Crippen LogP contribution < -0.4 is 4.90 Å². The number of aliphatic hydroxyl groups is 1. The topological polar surface area (TPSA) is 49.8 Å². The fourth-order valence-electron chi connectivity index (χ4n) is 3.83. The third-order valence-electron chi connectivity index (χ3n) is 5.25. The van der Waals surface area contributed by atoms with Gasteiger partial charge in [-0.3, -0.25) is 4.79 Å². The van der Waals surface area contributed by atoms with Crippen LogP contribution in [0, 0.1) is 5.82 Å². The molecular formula is C23H19BrFNO3. The molecule has 1 aliphatic heterocycles. The third kappa shape index (κ3) is 3.37. The van der Waals surface area contributed by atoms with Crippen molar-refractivity contribution in [2.45, 2.75) is 18.2 Å². The molecule has 1 aliphatic rings. The minimum atomic E-state index is -1.64. The monoisotopic (exact) mass is 455 g/mol. The molecule has 1 amide bonds. The smallest absolute Gasteiger partial charge is 0.260 e. The molecule has 0 saturated heterocycles. The lowest BCUT2D eigenvalue weighted by molar-refractivity contribution is -0.145. The van der Waals surface area contributed by atoms with Crippen LogP contribution in [0.25, 0.3) is 0 Å². The van der Waals surface area contributed by atoms with Crippen molar-refractivity contribution in [2.75, 3.05) is 12.0 Å². The minimum Gasteiger partial charge on any atom is -0.377 e. The summed E-state index contributed by atoms with van der Waals surface area (Å²) in [6, 6.07) is 20.4. The summed E-state index contributed by atoms with van der Waals surface area (Å²) in [5.41, 5.74) is 0.882. The number of rotatable bonds is 4. The highest BCUT2D eigenvalue weighted by atomic mass is 79.9. The number of carbonyl (C=O) groups excluding carboxylic acids is 1. The van der Waals surface area contributed by atoms with Crippen LogP contribution in [0.2, 0.25) is 0 Å². The molecule has 1 N–H and O–H groups in total. The maximum atomic E-state index is 13.4. The highest BCUT2D eigenvalue weighted by Gasteiger charge is 2.52. The molecule has 2 atom stereocenters. The first kappa shape index (κ1) is 19.8. The third-order valence-corrected chi connectivity index (χ3v) is 5.78. The minimum absolute atomic E-state index is 0.242. The Morgan fingerprint density at radius 1 is 1.07 bits per heavy atom. The summed E-state index contributed by atoms with van der Waals surface area (Å²) in [7, 11) is 1.41. The number of nitrogens with zero attached hydrogens (tertiary/aromatic N) is 1. The molecule has 0 radical (unpaired) electrons. The standard InChI is InChI=1S/C23H19BrFNO3/c1-29-21-22(27)26(14-15-6-12-18(25)13-7-15)20-5-3-2-4-19(20)23(21,28)16-8-10-17(24)11-9-16/h2-13,21,28H,14H2,1H3. The molecule has 0 spiro atoms. The summed E-state index contributed by atoms with van der Waals surface area (Å²) < 4.78 is 19.7. The summed E-state index contributed by atoms with van der Waals surface area (Å²) in [5, 5.41) is 11.8. The lowest BCUT2D eigenvalue weighted by Gasteiger charge is -2.44.